The van der Waals surface area contributed by atoms with Crippen molar-refractivity contribution < 1.29 is 14.6 Å². The molecular weight excluding hydrogens is 274 g/mol. The number of benzene rings is 1. The minimum absolute atomic E-state index is 0.277. The molecule has 2 atom stereocenters. The molecule has 1 aliphatic rings. The van der Waals surface area contributed by atoms with Crippen LogP contribution in [0.5, 0.6) is 0 Å². The van der Waals surface area contributed by atoms with Crippen molar-refractivity contribution >= 4 is 17.7 Å². The predicted octanol–water partition coefficient (Wildman–Crippen LogP) is 2.10. The summed E-state index contributed by atoms with van der Waals surface area (Å²) in [6, 6.07) is 9.35. The average molecular weight is 295 g/mol. The van der Waals surface area contributed by atoms with Crippen molar-refractivity contribution in [2.45, 2.75) is 24.5 Å². The summed E-state index contributed by atoms with van der Waals surface area (Å²) >= 11 is 1.64. The summed E-state index contributed by atoms with van der Waals surface area (Å²) in [6.45, 7) is 0.833. The third-order valence-corrected chi connectivity index (χ3v) is 4.95. The minimum atomic E-state index is -1.04. The number of ether oxygens (including phenoxy) is 1. The zero-order chi connectivity index (χ0) is 14.4. The second-order valence-corrected chi connectivity index (χ2v) is 6.01. The van der Waals surface area contributed by atoms with E-state index >= 15 is 0 Å². The molecule has 0 radical (unpaired) electrons. The number of thioether (sulfide) groups is 1. The second kappa shape index (κ2) is 7.11. The Bertz CT molecular complexity index is 434. The smallest absolute Gasteiger partial charge is 0.329 e. The van der Waals surface area contributed by atoms with E-state index in [-0.39, 0.29) is 6.10 Å². The fourth-order valence-electron chi connectivity index (χ4n) is 2.43. The molecule has 20 heavy (non-hydrogen) atoms. The van der Waals surface area contributed by atoms with Crippen LogP contribution in [0.1, 0.15) is 18.4 Å². The van der Waals surface area contributed by atoms with Crippen LogP contribution in [0.4, 0.5) is 0 Å². The Balaban J connectivity index is 2.05. The second-order valence-electron chi connectivity index (χ2n) is 4.98. The molecule has 1 fully saturated rings. The Morgan fingerprint density at radius 1 is 1.50 bits per heavy atom. The van der Waals surface area contributed by atoms with Crippen molar-refractivity contribution in [2.75, 3.05) is 25.2 Å². The number of hydrogen-bond acceptors (Lipinski definition) is 4. The van der Waals surface area contributed by atoms with Crippen LogP contribution < -0.4 is 5.32 Å². The maximum absolute atomic E-state index is 11.8. The van der Waals surface area contributed by atoms with Crippen LogP contribution in [0.15, 0.2) is 30.3 Å². The molecule has 0 amide bonds. The van der Waals surface area contributed by atoms with Crippen LogP contribution in [0.2, 0.25) is 0 Å². The molecule has 2 rings (SSSR count). The van der Waals surface area contributed by atoms with E-state index in [4.69, 9.17) is 4.74 Å². The quantitative estimate of drug-likeness (QED) is 0.807. The molecule has 1 aromatic carbocycles. The van der Waals surface area contributed by atoms with Gasteiger partial charge in [0, 0.05) is 18.1 Å². The van der Waals surface area contributed by atoms with E-state index < -0.39 is 11.5 Å². The standard InChI is InChI=1S/C15H21NO3S/c1-16-15(14(17)18,12-6-3-2-4-7-12)11-20-10-13-8-5-9-19-13/h2-4,6-7,13,16H,5,8-11H2,1H3,(H,17,18). The molecule has 2 unspecified atom stereocenters. The Labute approximate surface area is 123 Å². The Hall–Kier alpha value is -1.04. The Morgan fingerprint density at radius 3 is 2.80 bits per heavy atom. The molecule has 0 saturated carbocycles. The molecule has 5 heteroatoms. The minimum Gasteiger partial charge on any atom is -0.480 e. The first-order chi connectivity index (χ1) is 9.69. The maximum atomic E-state index is 11.8. The van der Waals surface area contributed by atoms with Gasteiger partial charge in [0.15, 0.2) is 5.54 Å². The van der Waals surface area contributed by atoms with Crippen LogP contribution in [0, 0.1) is 0 Å². The number of rotatable bonds is 7. The highest BCUT2D eigenvalue weighted by Crippen LogP contribution is 2.28. The Kier molecular flexibility index (Phi) is 5.46. The van der Waals surface area contributed by atoms with Crippen molar-refractivity contribution in [3.63, 3.8) is 0 Å². The summed E-state index contributed by atoms with van der Waals surface area (Å²) < 4.78 is 5.58. The zero-order valence-corrected chi connectivity index (χ0v) is 12.5. The van der Waals surface area contributed by atoms with Gasteiger partial charge in [0.1, 0.15) is 0 Å². The fraction of sp³-hybridized carbons (Fsp3) is 0.533. The molecule has 1 heterocycles. The topological polar surface area (TPSA) is 58.6 Å². The third kappa shape index (κ3) is 3.34. The first-order valence-corrected chi connectivity index (χ1v) is 8.01. The van der Waals surface area contributed by atoms with Gasteiger partial charge in [-0.05, 0) is 25.5 Å². The van der Waals surface area contributed by atoms with Gasteiger partial charge in [-0.15, -0.1) is 0 Å². The van der Waals surface area contributed by atoms with E-state index in [1.54, 1.807) is 18.8 Å². The van der Waals surface area contributed by atoms with Crippen LogP contribution in [-0.2, 0) is 15.1 Å². The lowest BCUT2D eigenvalue weighted by atomic mass is 9.92. The van der Waals surface area contributed by atoms with Gasteiger partial charge in [0.2, 0.25) is 0 Å². The van der Waals surface area contributed by atoms with Gasteiger partial charge in [0.25, 0.3) is 0 Å². The maximum Gasteiger partial charge on any atom is 0.329 e. The van der Waals surface area contributed by atoms with Gasteiger partial charge in [0.05, 0.1) is 6.10 Å². The lowest BCUT2D eigenvalue weighted by Crippen LogP contribution is -2.49. The SMILES string of the molecule is CNC(CSCC1CCCO1)(C(=O)O)c1ccccc1. The van der Waals surface area contributed by atoms with E-state index in [0.717, 1.165) is 30.8 Å². The normalized spacial score (nSPS) is 21.6. The van der Waals surface area contributed by atoms with Crippen LogP contribution in [0.25, 0.3) is 0 Å². The molecule has 2 N–H and O–H groups in total. The highest BCUT2D eigenvalue weighted by molar-refractivity contribution is 7.99. The fourth-order valence-corrected chi connectivity index (χ4v) is 3.82. The summed E-state index contributed by atoms with van der Waals surface area (Å²) in [5, 5.41) is 12.7. The molecule has 0 aromatic heterocycles. The summed E-state index contributed by atoms with van der Waals surface area (Å²) in [5.41, 5.74) is -0.250. The van der Waals surface area contributed by atoms with Crippen LogP contribution in [0.3, 0.4) is 0 Å². The van der Waals surface area contributed by atoms with E-state index in [2.05, 4.69) is 5.32 Å². The summed E-state index contributed by atoms with van der Waals surface area (Å²) in [4.78, 5) is 11.8. The van der Waals surface area contributed by atoms with Gasteiger partial charge < -0.3 is 15.2 Å². The average Bonchev–Trinajstić information content (AvgIpc) is 2.97. The number of carboxylic acid groups (broad SMARTS) is 1. The van der Waals surface area contributed by atoms with E-state index in [1.165, 1.54) is 0 Å². The van der Waals surface area contributed by atoms with Gasteiger partial charge in [-0.3, -0.25) is 0 Å². The van der Waals surface area contributed by atoms with Crippen molar-refractivity contribution in [3.8, 4) is 0 Å². The van der Waals surface area contributed by atoms with Crippen molar-refractivity contribution in [2.24, 2.45) is 0 Å². The van der Waals surface area contributed by atoms with E-state index in [0.29, 0.717) is 5.75 Å². The third-order valence-electron chi connectivity index (χ3n) is 3.70. The molecule has 0 bridgehead atoms. The highest BCUT2D eigenvalue weighted by atomic mass is 32.2. The first kappa shape index (κ1) is 15.4. The molecule has 1 saturated heterocycles. The number of hydrogen-bond donors (Lipinski definition) is 2. The largest absolute Gasteiger partial charge is 0.480 e. The molecule has 0 spiro atoms. The predicted molar refractivity (Wildman–Crippen MR) is 81.1 cm³/mol. The summed E-state index contributed by atoms with van der Waals surface area (Å²) in [7, 11) is 1.70. The number of carboxylic acids is 1. The van der Waals surface area contributed by atoms with Crippen LogP contribution in [-0.4, -0.2) is 42.3 Å². The molecule has 110 valence electrons. The molecule has 4 nitrogen and oxygen atoms in total. The molecular formula is C15H21NO3S. The van der Waals surface area contributed by atoms with Gasteiger partial charge in [-0.25, -0.2) is 4.79 Å². The van der Waals surface area contributed by atoms with E-state index in [1.807, 2.05) is 30.3 Å². The van der Waals surface area contributed by atoms with E-state index in [9.17, 15) is 9.90 Å². The molecule has 1 aromatic rings. The Morgan fingerprint density at radius 2 is 2.25 bits per heavy atom. The van der Waals surface area contributed by atoms with Crippen LogP contribution >= 0.6 is 11.8 Å². The zero-order valence-electron chi connectivity index (χ0n) is 11.7. The lowest BCUT2D eigenvalue weighted by Gasteiger charge is -2.29. The lowest BCUT2D eigenvalue weighted by molar-refractivity contribution is -0.144. The van der Waals surface area contributed by atoms with Crippen molar-refractivity contribution in [3.05, 3.63) is 35.9 Å². The van der Waals surface area contributed by atoms with Crippen molar-refractivity contribution in [1.82, 2.24) is 5.32 Å². The number of aliphatic carboxylic acids is 1. The monoisotopic (exact) mass is 295 g/mol. The summed E-state index contributed by atoms with van der Waals surface area (Å²) in [5.74, 6) is 0.498. The first-order valence-electron chi connectivity index (χ1n) is 6.86. The number of nitrogens with one attached hydrogen (secondary N) is 1. The summed E-state index contributed by atoms with van der Waals surface area (Å²) in [6.07, 6.45) is 2.47. The van der Waals surface area contributed by atoms with Gasteiger partial charge in [-0.2, -0.15) is 11.8 Å². The molecule has 0 aliphatic carbocycles. The highest BCUT2D eigenvalue weighted by Gasteiger charge is 2.39. The number of likely N-dealkylation sites (N-methyl/N-ethyl adjacent to an activating group) is 1. The van der Waals surface area contributed by atoms with Gasteiger partial charge in [-0.1, -0.05) is 30.3 Å². The molecule has 1 aliphatic heterocycles. The van der Waals surface area contributed by atoms with Gasteiger partial charge >= 0.3 is 5.97 Å². The van der Waals surface area contributed by atoms with Crippen molar-refractivity contribution in [1.29, 1.82) is 0 Å². The number of carbonyl (C=O) groups is 1.